The van der Waals surface area contributed by atoms with Crippen LogP contribution in [0.4, 0.5) is 0 Å². The van der Waals surface area contributed by atoms with Crippen LogP contribution in [0, 0.1) is 6.92 Å². The van der Waals surface area contributed by atoms with E-state index in [1.165, 1.54) is 0 Å². The molecule has 25 heavy (non-hydrogen) atoms. The van der Waals surface area contributed by atoms with Gasteiger partial charge in [-0.05, 0) is 43.3 Å². The summed E-state index contributed by atoms with van der Waals surface area (Å²) in [6, 6.07) is 8.39. The molecular formula is C19H25N3O2S. The van der Waals surface area contributed by atoms with E-state index in [2.05, 4.69) is 10.1 Å². The Bertz CT molecular complexity index is 710. The van der Waals surface area contributed by atoms with Crippen molar-refractivity contribution in [3.05, 3.63) is 35.7 Å². The van der Waals surface area contributed by atoms with Crippen molar-refractivity contribution >= 4 is 17.7 Å². The first kappa shape index (κ1) is 18.0. The van der Waals surface area contributed by atoms with Crippen molar-refractivity contribution in [3.63, 3.8) is 0 Å². The Balaban J connectivity index is 1.49. The number of hydrogen-bond donors (Lipinski definition) is 0. The third kappa shape index (κ3) is 4.63. The van der Waals surface area contributed by atoms with Crippen LogP contribution in [0.3, 0.4) is 0 Å². The van der Waals surface area contributed by atoms with Gasteiger partial charge in [-0.25, -0.2) is 0 Å². The van der Waals surface area contributed by atoms with Crippen molar-refractivity contribution in [2.45, 2.75) is 45.1 Å². The van der Waals surface area contributed by atoms with Gasteiger partial charge >= 0.3 is 0 Å². The molecule has 1 saturated heterocycles. The summed E-state index contributed by atoms with van der Waals surface area (Å²) in [5.74, 6) is 3.76. The van der Waals surface area contributed by atoms with Gasteiger partial charge in [0.2, 0.25) is 17.6 Å². The number of nitrogens with zero attached hydrogens (tertiary/aromatic N) is 3. The maximum atomic E-state index is 12.4. The lowest BCUT2D eigenvalue weighted by Crippen LogP contribution is -2.39. The quantitative estimate of drug-likeness (QED) is 0.787. The highest BCUT2D eigenvalue weighted by molar-refractivity contribution is 7.99. The highest BCUT2D eigenvalue weighted by Crippen LogP contribution is 2.22. The maximum absolute atomic E-state index is 12.4. The van der Waals surface area contributed by atoms with E-state index < -0.39 is 0 Å². The molecule has 0 saturated carbocycles. The predicted octanol–water partition coefficient (Wildman–Crippen LogP) is 3.72. The standard InChI is InChI=1S/C19H25N3O2S/c1-14-6-3-4-7-16(14)19-20-17(24-21-19)8-5-9-18(23)22(2)15-10-12-25-13-11-15/h3-4,6-7,15H,5,8-13H2,1-2H3. The number of carbonyl (C=O) groups excluding carboxylic acids is 1. The fourth-order valence-corrected chi connectivity index (χ4v) is 4.21. The van der Waals surface area contributed by atoms with Gasteiger partial charge in [0.25, 0.3) is 0 Å². The Kier molecular flexibility index (Phi) is 6.13. The van der Waals surface area contributed by atoms with E-state index >= 15 is 0 Å². The molecular weight excluding hydrogens is 334 g/mol. The Morgan fingerprint density at radius 1 is 1.32 bits per heavy atom. The highest BCUT2D eigenvalue weighted by atomic mass is 32.2. The summed E-state index contributed by atoms with van der Waals surface area (Å²) in [6.07, 6.45) is 4.12. The first-order chi connectivity index (χ1) is 12.1. The number of aryl methyl sites for hydroxylation is 2. The molecule has 0 atom stereocenters. The van der Waals surface area contributed by atoms with Crippen LogP contribution in [-0.2, 0) is 11.2 Å². The van der Waals surface area contributed by atoms with Gasteiger partial charge in [-0.2, -0.15) is 16.7 Å². The summed E-state index contributed by atoms with van der Waals surface area (Å²) < 4.78 is 5.34. The second-order valence-corrected chi connectivity index (χ2v) is 7.75. The molecule has 1 aromatic carbocycles. The summed E-state index contributed by atoms with van der Waals surface area (Å²) in [6.45, 7) is 2.03. The van der Waals surface area contributed by atoms with Crippen molar-refractivity contribution in [3.8, 4) is 11.4 Å². The largest absolute Gasteiger partial charge is 0.343 e. The number of thioether (sulfide) groups is 1. The normalized spacial score (nSPS) is 15.3. The van der Waals surface area contributed by atoms with Gasteiger partial charge < -0.3 is 9.42 Å². The molecule has 6 heteroatoms. The van der Waals surface area contributed by atoms with Crippen LogP contribution >= 0.6 is 11.8 Å². The van der Waals surface area contributed by atoms with Gasteiger partial charge in [0.15, 0.2) is 0 Å². The SMILES string of the molecule is Cc1ccccc1-c1noc(CCCC(=O)N(C)C2CCSCC2)n1. The Hall–Kier alpha value is -1.82. The summed E-state index contributed by atoms with van der Waals surface area (Å²) in [5.41, 5.74) is 2.11. The minimum atomic E-state index is 0.218. The van der Waals surface area contributed by atoms with E-state index in [9.17, 15) is 4.79 Å². The molecule has 0 N–H and O–H groups in total. The Labute approximate surface area is 153 Å². The predicted molar refractivity (Wildman–Crippen MR) is 101 cm³/mol. The third-order valence-electron chi connectivity index (χ3n) is 4.77. The molecule has 0 bridgehead atoms. The third-order valence-corrected chi connectivity index (χ3v) is 5.82. The molecule has 1 amide bonds. The second kappa shape index (κ2) is 8.52. The lowest BCUT2D eigenvalue weighted by Gasteiger charge is -2.31. The fourth-order valence-electron chi connectivity index (χ4n) is 3.13. The minimum absolute atomic E-state index is 0.218. The molecule has 1 aliphatic rings. The van der Waals surface area contributed by atoms with Crippen LogP contribution < -0.4 is 0 Å². The van der Waals surface area contributed by atoms with Gasteiger partial charge in [-0.3, -0.25) is 4.79 Å². The zero-order valence-corrected chi connectivity index (χ0v) is 15.7. The average molecular weight is 359 g/mol. The van der Waals surface area contributed by atoms with E-state index in [1.807, 2.05) is 54.9 Å². The molecule has 3 rings (SSSR count). The van der Waals surface area contributed by atoms with E-state index in [0.717, 1.165) is 41.9 Å². The zero-order valence-electron chi connectivity index (χ0n) is 14.9. The molecule has 1 fully saturated rings. The summed E-state index contributed by atoms with van der Waals surface area (Å²) in [4.78, 5) is 18.8. The summed E-state index contributed by atoms with van der Waals surface area (Å²) in [7, 11) is 1.94. The van der Waals surface area contributed by atoms with Crippen LogP contribution in [0.5, 0.6) is 0 Å². The average Bonchev–Trinajstić information content (AvgIpc) is 3.10. The lowest BCUT2D eigenvalue weighted by molar-refractivity contribution is -0.132. The summed E-state index contributed by atoms with van der Waals surface area (Å²) in [5, 5.41) is 4.07. The number of aromatic nitrogens is 2. The van der Waals surface area contributed by atoms with Gasteiger partial charge in [-0.15, -0.1) is 0 Å². The van der Waals surface area contributed by atoms with Crippen molar-refractivity contribution in [2.75, 3.05) is 18.6 Å². The number of amides is 1. The van der Waals surface area contributed by atoms with Crippen LogP contribution in [0.2, 0.25) is 0 Å². The van der Waals surface area contributed by atoms with E-state index in [4.69, 9.17) is 4.52 Å². The molecule has 0 radical (unpaired) electrons. The topological polar surface area (TPSA) is 59.2 Å². The maximum Gasteiger partial charge on any atom is 0.226 e. The first-order valence-corrected chi connectivity index (χ1v) is 10.0. The van der Waals surface area contributed by atoms with Gasteiger partial charge in [-0.1, -0.05) is 29.4 Å². The monoisotopic (exact) mass is 359 g/mol. The number of carbonyl (C=O) groups is 1. The molecule has 2 heterocycles. The van der Waals surface area contributed by atoms with Crippen molar-refractivity contribution in [2.24, 2.45) is 0 Å². The van der Waals surface area contributed by atoms with Crippen molar-refractivity contribution < 1.29 is 9.32 Å². The van der Waals surface area contributed by atoms with Crippen LogP contribution in [0.25, 0.3) is 11.4 Å². The lowest BCUT2D eigenvalue weighted by atomic mass is 10.1. The van der Waals surface area contributed by atoms with Gasteiger partial charge in [0, 0.05) is 31.5 Å². The van der Waals surface area contributed by atoms with E-state index in [-0.39, 0.29) is 5.91 Å². The smallest absolute Gasteiger partial charge is 0.226 e. The first-order valence-electron chi connectivity index (χ1n) is 8.87. The second-order valence-electron chi connectivity index (χ2n) is 6.53. The molecule has 1 aliphatic heterocycles. The van der Waals surface area contributed by atoms with E-state index in [1.54, 1.807) is 0 Å². The zero-order chi connectivity index (χ0) is 17.6. The molecule has 0 unspecified atom stereocenters. The van der Waals surface area contributed by atoms with Gasteiger partial charge in [0.05, 0.1) is 0 Å². The molecule has 0 aliphatic carbocycles. The summed E-state index contributed by atoms with van der Waals surface area (Å²) >= 11 is 1.98. The highest BCUT2D eigenvalue weighted by Gasteiger charge is 2.22. The van der Waals surface area contributed by atoms with Crippen LogP contribution in [0.15, 0.2) is 28.8 Å². The minimum Gasteiger partial charge on any atom is -0.343 e. The molecule has 5 nitrogen and oxygen atoms in total. The van der Waals surface area contributed by atoms with E-state index in [0.29, 0.717) is 30.6 Å². The Morgan fingerprint density at radius 2 is 2.08 bits per heavy atom. The van der Waals surface area contributed by atoms with Crippen molar-refractivity contribution in [1.29, 1.82) is 0 Å². The van der Waals surface area contributed by atoms with Gasteiger partial charge in [0.1, 0.15) is 0 Å². The fraction of sp³-hybridized carbons (Fsp3) is 0.526. The van der Waals surface area contributed by atoms with Crippen molar-refractivity contribution in [1.82, 2.24) is 15.0 Å². The number of hydrogen-bond acceptors (Lipinski definition) is 5. The number of rotatable bonds is 6. The Morgan fingerprint density at radius 3 is 2.84 bits per heavy atom. The molecule has 0 spiro atoms. The molecule has 1 aromatic heterocycles. The van der Waals surface area contributed by atoms with Crippen LogP contribution in [0.1, 0.15) is 37.1 Å². The molecule has 2 aromatic rings. The van der Waals surface area contributed by atoms with Crippen LogP contribution in [-0.4, -0.2) is 45.5 Å². The number of benzene rings is 1. The molecule has 134 valence electrons.